The van der Waals surface area contributed by atoms with Gasteiger partial charge in [-0.15, -0.1) is 10.2 Å². The van der Waals surface area contributed by atoms with Crippen molar-refractivity contribution in [3.63, 3.8) is 0 Å². The first-order chi connectivity index (χ1) is 18.1. The summed E-state index contributed by atoms with van der Waals surface area (Å²) >= 11 is 0. The fraction of sp³-hybridized carbons (Fsp3) is 0.143. The second kappa shape index (κ2) is 10.4. The van der Waals surface area contributed by atoms with Gasteiger partial charge in [0.15, 0.2) is 17.3 Å². The number of methoxy groups -OCH3 is 3. The first-order valence-corrected chi connectivity index (χ1v) is 11.5. The average Bonchev–Trinajstić information content (AvgIpc) is 3.57. The number of allylic oxidation sites excluding steroid dienone is 1. The highest BCUT2D eigenvalue weighted by Gasteiger charge is 2.19. The molecule has 9 nitrogen and oxygen atoms in total. The minimum atomic E-state index is -0.284. The van der Waals surface area contributed by atoms with E-state index in [0.717, 1.165) is 11.1 Å². The van der Waals surface area contributed by atoms with Gasteiger partial charge in [0.25, 0.3) is 0 Å². The van der Waals surface area contributed by atoms with Gasteiger partial charge in [0, 0.05) is 5.56 Å². The number of nitrogens with zero attached hydrogens (tertiary/aromatic N) is 4. The van der Waals surface area contributed by atoms with Crippen molar-refractivity contribution in [2.75, 3.05) is 21.3 Å². The molecule has 0 aliphatic carbocycles. The Balaban J connectivity index is 1.47. The Morgan fingerprint density at radius 1 is 0.919 bits per heavy atom. The van der Waals surface area contributed by atoms with Gasteiger partial charge in [0.05, 0.1) is 32.4 Å². The SMILES string of the molecule is COc1cc(C=CC(=O)c2nc3ccccc3n2Cc2nnc(-c3ccccc3)o2)cc(OC)c1OC. The Morgan fingerprint density at radius 3 is 2.32 bits per heavy atom. The van der Waals surface area contributed by atoms with Crippen LogP contribution in [0.3, 0.4) is 0 Å². The molecule has 0 N–H and O–H groups in total. The first-order valence-electron chi connectivity index (χ1n) is 11.5. The van der Waals surface area contributed by atoms with Crippen LogP contribution in [0.15, 0.2) is 77.2 Å². The molecule has 5 aromatic rings. The lowest BCUT2D eigenvalue weighted by Crippen LogP contribution is -2.10. The topological polar surface area (TPSA) is 102 Å². The van der Waals surface area contributed by atoms with Crippen LogP contribution in [0, 0.1) is 0 Å². The van der Waals surface area contributed by atoms with Crippen molar-refractivity contribution >= 4 is 22.9 Å². The fourth-order valence-electron chi connectivity index (χ4n) is 4.02. The lowest BCUT2D eigenvalue weighted by atomic mass is 10.1. The van der Waals surface area contributed by atoms with E-state index in [2.05, 4.69) is 15.2 Å². The number of carbonyl (C=O) groups is 1. The van der Waals surface area contributed by atoms with Gasteiger partial charge >= 0.3 is 0 Å². The smallest absolute Gasteiger partial charge is 0.247 e. The summed E-state index contributed by atoms with van der Waals surface area (Å²) in [6, 6.07) is 20.6. The van der Waals surface area contributed by atoms with Crippen LogP contribution in [0.4, 0.5) is 0 Å². The molecule has 3 aromatic carbocycles. The van der Waals surface area contributed by atoms with Crippen molar-refractivity contribution in [2.24, 2.45) is 0 Å². The summed E-state index contributed by atoms with van der Waals surface area (Å²) in [5.74, 6) is 2.21. The number of hydrogen-bond donors (Lipinski definition) is 0. The van der Waals surface area contributed by atoms with Crippen LogP contribution in [-0.2, 0) is 6.54 Å². The number of ether oxygens (including phenoxy) is 3. The molecule has 0 amide bonds. The summed E-state index contributed by atoms with van der Waals surface area (Å²) in [5, 5.41) is 8.35. The van der Waals surface area contributed by atoms with Gasteiger partial charge in [-0.3, -0.25) is 4.79 Å². The predicted octanol–water partition coefficient (Wildman–Crippen LogP) is 5.06. The van der Waals surface area contributed by atoms with Gasteiger partial charge in [-0.25, -0.2) is 4.98 Å². The van der Waals surface area contributed by atoms with E-state index in [9.17, 15) is 4.79 Å². The van der Waals surface area contributed by atoms with E-state index in [1.165, 1.54) is 13.2 Å². The van der Waals surface area contributed by atoms with Gasteiger partial charge in [0.1, 0.15) is 6.54 Å². The van der Waals surface area contributed by atoms with E-state index in [4.69, 9.17) is 18.6 Å². The van der Waals surface area contributed by atoms with Gasteiger partial charge < -0.3 is 23.2 Å². The van der Waals surface area contributed by atoms with Crippen LogP contribution in [0.5, 0.6) is 17.2 Å². The highest BCUT2D eigenvalue weighted by Crippen LogP contribution is 2.38. The number of ketones is 1. The Labute approximate surface area is 212 Å². The second-order valence-electron chi connectivity index (χ2n) is 8.03. The molecule has 0 atom stereocenters. The van der Waals surface area contributed by atoms with E-state index in [1.807, 2.05) is 54.6 Å². The molecule has 0 bridgehead atoms. The average molecular weight is 497 g/mol. The zero-order valence-corrected chi connectivity index (χ0v) is 20.5. The molecule has 2 heterocycles. The van der Waals surface area contributed by atoms with Gasteiger partial charge in [-0.2, -0.15) is 0 Å². The Morgan fingerprint density at radius 2 is 1.62 bits per heavy atom. The van der Waals surface area contributed by atoms with Crippen LogP contribution in [-0.4, -0.2) is 46.9 Å². The zero-order chi connectivity index (χ0) is 25.8. The van der Waals surface area contributed by atoms with Crippen molar-refractivity contribution in [2.45, 2.75) is 6.54 Å². The van der Waals surface area contributed by atoms with Gasteiger partial charge in [0.2, 0.25) is 23.3 Å². The second-order valence-corrected chi connectivity index (χ2v) is 8.03. The summed E-state index contributed by atoms with van der Waals surface area (Å²) in [6.07, 6.45) is 3.14. The lowest BCUT2D eigenvalue weighted by molar-refractivity contribution is 0.103. The van der Waals surface area contributed by atoms with E-state index in [-0.39, 0.29) is 18.2 Å². The van der Waals surface area contributed by atoms with Gasteiger partial charge in [-0.05, 0) is 48.0 Å². The molecule has 186 valence electrons. The van der Waals surface area contributed by atoms with Crippen LogP contribution in [0.25, 0.3) is 28.6 Å². The number of aromatic nitrogens is 4. The van der Waals surface area contributed by atoms with Gasteiger partial charge in [-0.1, -0.05) is 36.4 Å². The van der Waals surface area contributed by atoms with Crippen LogP contribution < -0.4 is 14.2 Å². The molecule has 0 fully saturated rings. The number of carbonyl (C=O) groups excluding carboxylic acids is 1. The summed E-state index contributed by atoms with van der Waals surface area (Å²) < 4.78 is 23.8. The molecule has 0 unspecified atom stereocenters. The van der Waals surface area contributed by atoms with Crippen LogP contribution in [0.2, 0.25) is 0 Å². The predicted molar refractivity (Wildman–Crippen MR) is 138 cm³/mol. The van der Waals surface area contributed by atoms with Crippen LogP contribution in [0.1, 0.15) is 22.1 Å². The molecule has 5 rings (SSSR count). The van der Waals surface area contributed by atoms with Crippen molar-refractivity contribution in [3.8, 4) is 28.7 Å². The van der Waals surface area contributed by atoms with Crippen molar-refractivity contribution in [1.82, 2.24) is 19.7 Å². The van der Waals surface area contributed by atoms with Crippen LogP contribution >= 0.6 is 0 Å². The molecular weight excluding hydrogens is 472 g/mol. The molecule has 0 spiro atoms. The highest BCUT2D eigenvalue weighted by atomic mass is 16.5. The largest absolute Gasteiger partial charge is 0.493 e. The molecule has 2 aromatic heterocycles. The summed E-state index contributed by atoms with van der Waals surface area (Å²) in [6.45, 7) is 0.194. The van der Waals surface area contributed by atoms with E-state index < -0.39 is 0 Å². The standard InChI is InChI=1S/C28H24N4O5/c1-34-23-15-18(16-24(35-2)26(23)36-3)13-14-22(33)27-29-20-11-7-8-12-21(20)32(27)17-25-30-31-28(37-25)19-9-5-4-6-10-19/h4-16H,17H2,1-3H3. The maximum atomic E-state index is 13.3. The fourth-order valence-corrected chi connectivity index (χ4v) is 4.02. The molecule has 0 aliphatic heterocycles. The summed E-state index contributed by atoms with van der Waals surface area (Å²) in [7, 11) is 4.62. The molecule has 0 radical (unpaired) electrons. The maximum Gasteiger partial charge on any atom is 0.247 e. The third kappa shape index (κ3) is 4.79. The molecule has 0 aliphatic rings. The zero-order valence-electron chi connectivity index (χ0n) is 20.5. The van der Waals surface area contributed by atoms with Crippen molar-refractivity contribution in [3.05, 3.63) is 90.1 Å². The molecule has 0 saturated heterocycles. The minimum absolute atomic E-state index is 0.194. The van der Waals surface area contributed by atoms with E-state index in [1.54, 1.807) is 37.0 Å². The molecule has 37 heavy (non-hydrogen) atoms. The molecule has 9 heteroatoms. The molecular formula is C28H24N4O5. The van der Waals surface area contributed by atoms with Crippen molar-refractivity contribution < 1.29 is 23.4 Å². The number of hydrogen-bond acceptors (Lipinski definition) is 8. The van der Waals surface area contributed by atoms with E-state index >= 15 is 0 Å². The quantitative estimate of drug-likeness (QED) is 0.206. The lowest BCUT2D eigenvalue weighted by Gasteiger charge is -2.12. The number of rotatable bonds is 9. The maximum absolute atomic E-state index is 13.3. The third-order valence-electron chi connectivity index (χ3n) is 5.77. The summed E-state index contributed by atoms with van der Waals surface area (Å²) in [4.78, 5) is 17.9. The number of fused-ring (bicyclic) bond motifs is 1. The third-order valence-corrected chi connectivity index (χ3v) is 5.77. The Bertz CT molecular complexity index is 1560. The normalized spacial score (nSPS) is 11.2. The minimum Gasteiger partial charge on any atom is -0.493 e. The number of benzene rings is 3. The Hall–Kier alpha value is -4.92. The monoisotopic (exact) mass is 496 g/mol. The van der Waals surface area contributed by atoms with Crippen molar-refractivity contribution in [1.29, 1.82) is 0 Å². The number of imidazole rings is 1. The summed E-state index contributed by atoms with van der Waals surface area (Å²) in [5.41, 5.74) is 3.00. The highest BCUT2D eigenvalue weighted by molar-refractivity contribution is 6.06. The number of para-hydroxylation sites is 2. The molecule has 0 saturated carbocycles. The Kier molecular flexibility index (Phi) is 6.67. The van der Waals surface area contributed by atoms with E-state index in [0.29, 0.717) is 40.1 Å². The first kappa shape index (κ1) is 23.8.